The molecule has 0 saturated heterocycles. The number of aromatic carboxylic acids is 1. The minimum Gasteiger partial charge on any atom is -0.485 e. The molecular formula is C18H14N2O4. The van der Waals surface area contributed by atoms with Crippen LogP contribution in [-0.2, 0) is 0 Å². The van der Waals surface area contributed by atoms with E-state index in [2.05, 4.69) is 9.97 Å². The van der Waals surface area contributed by atoms with Gasteiger partial charge in [-0.2, -0.15) is 0 Å². The summed E-state index contributed by atoms with van der Waals surface area (Å²) in [6.45, 7) is -0.186. The van der Waals surface area contributed by atoms with E-state index in [0.29, 0.717) is 11.3 Å². The lowest BCUT2D eigenvalue weighted by atomic mass is 10.1. The third-order valence-corrected chi connectivity index (χ3v) is 3.47. The van der Waals surface area contributed by atoms with Crippen molar-refractivity contribution in [2.75, 3.05) is 6.61 Å². The number of imidazole rings is 1. The highest BCUT2D eigenvalue weighted by molar-refractivity contribution is 5.99. The van der Waals surface area contributed by atoms with Gasteiger partial charge in [-0.1, -0.05) is 24.3 Å². The van der Waals surface area contributed by atoms with Crippen molar-refractivity contribution in [1.29, 1.82) is 0 Å². The molecule has 1 aromatic heterocycles. The Morgan fingerprint density at radius 3 is 2.62 bits per heavy atom. The van der Waals surface area contributed by atoms with Crippen molar-refractivity contribution in [1.82, 2.24) is 9.97 Å². The zero-order valence-electron chi connectivity index (χ0n) is 12.6. The van der Waals surface area contributed by atoms with Crippen LogP contribution >= 0.6 is 0 Å². The van der Waals surface area contributed by atoms with Crippen LogP contribution in [0.4, 0.5) is 0 Å². The molecular weight excluding hydrogens is 308 g/mol. The van der Waals surface area contributed by atoms with Gasteiger partial charge in [-0.05, 0) is 24.3 Å². The fourth-order valence-corrected chi connectivity index (χ4v) is 2.27. The standard InChI is InChI=1S/C18H14N2O4/c21-16(12-4-3-5-13(8-12)18(22)23)10-24-17-7-2-1-6-14(17)15-9-19-11-20-15/h1-9,11H,10H2,(H,19,20)(H,22,23). The number of benzene rings is 2. The van der Waals surface area contributed by atoms with Gasteiger partial charge in [0, 0.05) is 11.1 Å². The number of ether oxygens (including phenoxy) is 1. The first-order valence-corrected chi connectivity index (χ1v) is 7.22. The predicted octanol–water partition coefficient (Wildman–Crippen LogP) is 3.04. The van der Waals surface area contributed by atoms with Crippen molar-refractivity contribution < 1.29 is 19.4 Å². The Balaban J connectivity index is 1.76. The molecule has 3 aromatic rings. The molecule has 0 aliphatic carbocycles. The molecule has 0 atom stereocenters. The lowest BCUT2D eigenvalue weighted by molar-refractivity contribution is 0.0697. The summed E-state index contributed by atoms with van der Waals surface area (Å²) in [5.41, 5.74) is 1.95. The smallest absolute Gasteiger partial charge is 0.335 e. The molecule has 0 fully saturated rings. The summed E-state index contributed by atoms with van der Waals surface area (Å²) >= 11 is 0. The van der Waals surface area contributed by atoms with E-state index in [1.54, 1.807) is 24.7 Å². The maximum atomic E-state index is 12.3. The van der Waals surface area contributed by atoms with Crippen LogP contribution < -0.4 is 4.74 Å². The second-order valence-electron chi connectivity index (χ2n) is 5.06. The molecule has 6 nitrogen and oxygen atoms in total. The Labute approximate surface area is 137 Å². The number of nitrogens with zero attached hydrogens (tertiary/aromatic N) is 1. The maximum absolute atomic E-state index is 12.3. The second-order valence-corrected chi connectivity index (χ2v) is 5.06. The number of Topliss-reactive ketones (excluding diaryl/α,β-unsaturated/α-hetero) is 1. The minimum absolute atomic E-state index is 0.0683. The number of carbonyl (C=O) groups is 2. The molecule has 0 amide bonds. The van der Waals surface area contributed by atoms with E-state index < -0.39 is 5.97 Å². The van der Waals surface area contributed by atoms with E-state index in [1.807, 2.05) is 18.2 Å². The van der Waals surface area contributed by atoms with Crippen molar-refractivity contribution in [2.45, 2.75) is 0 Å². The number of carbonyl (C=O) groups excluding carboxylic acids is 1. The van der Waals surface area contributed by atoms with Crippen LogP contribution in [0.1, 0.15) is 20.7 Å². The van der Waals surface area contributed by atoms with E-state index in [0.717, 1.165) is 11.3 Å². The number of ketones is 1. The Hall–Kier alpha value is -3.41. The Bertz CT molecular complexity index is 872. The van der Waals surface area contributed by atoms with Gasteiger partial charge in [0.05, 0.1) is 23.8 Å². The van der Waals surface area contributed by atoms with Crippen molar-refractivity contribution in [3.05, 3.63) is 72.2 Å². The number of H-pyrrole nitrogens is 1. The summed E-state index contributed by atoms with van der Waals surface area (Å²) in [5, 5.41) is 8.99. The number of aromatic amines is 1. The number of carboxylic acid groups (broad SMARTS) is 1. The van der Waals surface area contributed by atoms with E-state index in [-0.39, 0.29) is 18.0 Å². The molecule has 24 heavy (non-hydrogen) atoms. The topological polar surface area (TPSA) is 92.3 Å². The van der Waals surface area contributed by atoms with E-state index in [4.69, 9.17) is 9.84 Å². The lowest BCUT2D eigenvalue weighted by Crippen LogP contribution is -2.12. The number of aromatic nitrogens is 2. The van der Waals surface area contributed by atoms with Gasteiger partial charge in [0.1, 0.15) is 5.75 Å². The quantitative estimate of drug-likeness (QED) is 0.681. The summed E-state index contributed by atoms with van der Waals surface area (Å²) in [6.07, 6.45) is 3.23. The van der Waals surface area contributed by atoms with Gasteiger partial charge in [0.25, 0.3) is 0 Å². The molecule has 2 N–H and O–H groups in total. The van der Waals surface area contributed by atoms with Gasteiger partial charge in [-0.15, -0.1) is 0 Å². The summed E-state index contributed by atoms with van der Waals surface area (Å²) in [4.78, 5) is 30.2. The highest BCUT2D eigenvalue weighted by Gasteiger charge is 2.12. The van der Waals surface area contributed by atoms with Crippen molar-refractivity contribution in [2.24, 2.45) is 0 Å². The Morgan fingerprint density at radius 1 is 1.08 bits per heavy atom. The van der Waals surface area contributed by atoms with Crippen molar-refractivity contribution in [3.63, 3.8) is 0 Å². The zero-order valence-corrected chi connectivity index (χ0v) is 12.6. The summed E-state index contributed by atoms with van der Waals surface area (Å²) in [5.74, 6) is -0.822. The first-order chi connectivity index (χ1) is 11.6. The molecule has 0 aliphatic rings. The third-order valence-electron chi connectivity index (χ3n) is 3.47. The molecule has 120 valence electrons. The van der Waals surface area contributed by atoms with Gasteiger partial charge >= 0.3 is 5.97 Å². The minimum atomic E-state index is -1.07. The average molecular weight is 322 g/mol. The monoisotopic (exact) mass is 322 g/mol. The predicted molar refractivity (Wildman–Crippen MR) is 87.3 cm³/mol. The van der Waals surface area contributed by atoms with Gasteiger partial charge in [-0.25, -0.2) is 9.78 Å². The highest BCUT2D eigenvalue weighted by atomic mass is 16.5. The Morgan fingerprint density at radius 2 is 1.88 bits per heavy atom. The highest BCUT2D eigenvalue weighted by Crippen LogP contribution is 2.27. The summed E-state index contributed by atoms with van der Waals surface area (Å²) in [7, 11) is 0. The van der Waals surface area contributed by atoms with E-state index >= 15 is 0 Å². The molecule has 0 radical (unpaired) electrons. The molecule has 6 heteroatoms. The van der Waals surface area contributed by atoms with E-state index in [9.17, 15) is 9.59 Å². The molecule has 0 unspecified atom stereocenters. The van der Waals surface area contributed by atoms with Gasteiger partial charge in [-0.3, -0.25) is 4.79 Å². The first kappa shape index (κ1) is 15.5. The molecule has 0 bridgehead atoms. The molecule has 0 aliphatic heterocycles. The number of carboxylic acids is 1. The molecule has 2 aromatic carbocycles. The molecule has 3 rings (SSSR count). The van der Waals surface area contributed by atoms with Crippen LogP contribution in [0.2, 0.25) is 0 Å². The second kappa shape index (κ2) is 6.78. The number of hydrogen-bond donors (Lipinski definition) is 2. The number of para-hydroxylation sites is 1. The van der Waals surface area contributed by atoms with Gasteiger partial charge < -0.3 is 14.8 Å². The number of nitrogens with one attached hydrogen (secondary N) is 1. The van der Waals surface area contributed by atoms with Crippen molar-refractivity contribution >= 4 is 11.8 Å². The summed E-state index contributed by atoms with van der Waals surface area (Å²) < 4.78 is 5.63. The summed E-state index contributed by atoms with van der Waals surface area (Å²) in [6, 6.07) is 13.2. The molecule has 1 heterocycles. The van der Waals surface area contributed by atoms with Crippen LogP contribution in [0.15, 0.2) is 61.1 Å². The fourth-order valence-electron chi connectivity index (χ4n) is 2.27. The molecule has 0 spiro atoms. The van der Waals surface area contributed by atoms with Crippen LogP contribution in [0.5, 0.6) is 5.75 Å². The Kier molecular flexibility index (Phi) is 4.38. The van der Waals surface area contributed by atoms with Crippen LogP contribution in [0.3, 0.4) is 0 Å². The van der Waals surface area contributed by atoms with Gasteiger partial charge in [0.15, 0.2) is 12.4 Å². The average Bonchev–Trinajstić information content (AvgIpc) is 3.14. The van der Waals surface area contributed by atoms with Crippen LogP contribution in [0, 0.1) is 0 Å². The normalized spacial score (nSPS) is 10.3. The van der Waals surface area contributed by atoms with E-state index in [1.165, 1.54) is 18.2 Å². The van der Waals surface area contributed by atoms with Crippen molar-refractivity contribution in [3.8, 4) is 17.0 Å². The maximum Gasteiger partial charge on any atom is 0.335 e. The SMILES string of the molecule is O=C(O)c1cccc(C(=O)COc2ccccc2-c2cnc[nH]2)c1. The lowest BCUT2D eigenvalue weighted by Gasteiger charge is -2.10. The zero-order chi connectivity index (χ0) is 16.9. The fraction of sp³-hybridized carbons (Fsp3) is 0.0556. The largest absolute Gasteiger partial charge is 0.485 e. The number of rotatable bonds is 6. The van der Waals surface area contributed by atoms with Crippen LogP contribution in [0.25, 0.3) is 11.3 Å². The third kappa shape index (κ3) is 3.33. The number of hydrogen-bond acceptors (Lipinski definition) is 4. The molecule has 0 saturated carbocycles. The van der Waals surface area contributed by atoms with Gasteiger partial charge in [0.2, 0.25) is 0 Å². The van der Waals surface area contributed by atoms with Crippen LogP contribution in [-0.4, -0.2) is 33.4 Å². The first-order valence-electron chi connectivity index (χ1n) is 7.22.